The molecule has 1 aliphatic heterocycles. The summed E-state index contributed by atoms with van der Waals surface area (Å²) >= 11 is 0. The molecule has 3 amide bonds. The van der Waals surface area contributed by atoms with Crippen molar-refractivity contribution in [1.82, 2.24) is 15.5 Å². The summed E-state index contributed by atoms with van der Waals surface area (Å²) < 4.78 is 16.9. The second kappa shape index (κ2) is 12.7. The highest BCUT2D eigenvalue weighted by molar-refractivity contribution is 5.87. The van der Waals surface area contributed by atoms with Crippen LogP contribution >= 0.6 is 0 Å². The van der Waals surface area contributed by atoms with Crippen LogP contribution in [0.4, 0.5) is 5.69 Å². The number of carbonyl (C=O) groups excluding carboxylic acids is 3. The molecule has 1 saturated heterocycles. The third-order valence-electron chi connectivity index (χ3n) is 7.25. The van der Waals surface area contributed by atoms with Crippen molar-refractivity contribution in [2.24, 2.45) is 0 Å². The van der Waals surface area contributed by atoms with E-state index in [1.165, 1.54) is 27.2 Å². The van der Waals surface area contributed by atoms with Gasteiger partial charge in [0.2, 0.25) is 28.9 Å². The summed E-state index contributed by atoms with van der Waals surface area (Å²) in [6.07, 6.45) is 3.08. The first-order valence-electron chi connectivity index (χ1n) is 13.3. The number of nitrogens with one attached hydrogen (secondary N) is 3. The average molecular weight is 553 g/mol. The molecule has 0 saturated carbocycles. The number of anilines is 1. The molecule has 2 aliphatic rings. The van der Waals surface area contributed by atoms with E-state index in [9.17, 15) is 19.2 Å². The highest BCUT2D eigenvalue weighted by Gasteiger charge is 2.29. The maximum Gasteiger partial charge on any atom is 0.241 e. The number of rotatable bonds is 9. The molecule has 0 unspecified atom stereocenters. The molecule has 1 atom stereocenters. The summed E-state index contributed by atoms with van der Waals surface area (Å²) in [4.78, 5) is 51.8. The Morgan fingerprint density at radius 1 is 0.975 bits per heavy atom. The lowest BCUT2D eigenvalue weighted by molar-refractivity contribution is -0.131. The molecular weight excluding hydrogens is 516 g/mol. The maximum absolute atomic E-state index is 13.3. The van der Waals surface area contributed by atoms with Crippen LogP contribution < -0.4 is 35.6 Å². The van der Waals surface area contributed by atoms with E-state index in [-0.39, 0.29) is 36.0 Å². The highest BCUT2D eigenvalue weighted by Crippen LogP contribution is 2.50. The molecule has 3 N–H and O–H groups in total. The molecule has 1 aliphatic carbocycles. The molecule has 2 aromatic rings. The molecule has 2 aromatic carbocycles. The number of carbonyl (C=O) groups is 3. The summed E-state index contributed by atoms with van der Waals surface area (Å²) in [6.45, 7) is 2.60. The van der Waals surface area contributed by atoms with Crippen molar-refractivity contribution >= 4 is 23.4 Å². The van der Waals surface area contributed by atoms with Crippen molar-refractivity contribution in [1.29, 1.82) is 0 Å². The van der Waals surface area contributed by atoms with Gasteiger partial charge in [-0.3, -0.25) is 19.2 Å². The first-order valence-corrected chi connectivity index (χ1v) is 13.3. The zero-order valence-electron chi connectivity index (χ0n) is 23.3. The third kappa shape index (κ3) is 6.13. The van der Waals surface area contributed by atoms with Crippen LogP contribution in [0.2, 0.25) is 0 Å². The Balaban J connectivity index is 1.67. The largest absolute Gasteiger partial charge is 0.493 e. The van der Waals surface area contributed by atoms with Crippen molar-refractivity contribution in [3.8, 4) is 28.4 Å². The maximum atomic E-state index is 13.3. The van der Waals surface area contributed by atoms with Crippen LogP contribution in [0.3, 0.4) is 0 Å². The topological polar surface area (TPSA) is 135 Å². The third-order valence-corrected chi connectivity index (χ3v) is 7.25. The lowest BCUT2D eigenvalue weighted by Gasteiger charge is -2.19. The fourth-order valence-electron chi connectivity index (χ4n) is 5.34. The Bertz CT molecular complexity index is 1350. The van der Waals surface area contributed by atoms with E-state index in [1.54, 1.807) is 24.1 Å². The van der Waals surface area contributed by atoms with Gasteiger partial charge in [0.1, 0.15) is 0 Å². The van der Waals surface area contributed by atoms with Gasteiger partial charge in [0.05, 0.1) is 46.1 Å². The monoisotopic (exact) mass is 552 g/mol. The van der Waals surface area contributed by atoms with Gasteiger partial charge in [-0.2, -0.15) is 0 Å². The fraction of sp³-hybridized carbons (Fsp3) is 0.448. The van der Waals surface area contributed by atoms with E-state index in [2.05, 4.69) is 16.0 Å². The van der Waals surface area contributed by atoms with Crippen LogP contribution in [0.5, 0.6) is 17.2 Å². The number of hydrogen-bond acceptors (Lipinski definition) is 8. The van der Waals surface area contributed by atoms with Crippen LogP contribution in [0, 0.1) is 0 Å². The predicted molar refractivity (Wildman–Crippen MR) is 150 cm³/mol. The first kappa shape index (κ1) is 28.7. The molecule has 214 valence electrons. The summed E-state index contributed by atoms with van der Waals surface area (Å²) in [6, 6.07) is 6.32. The first-order chi connectivity index (χ1) is 19.3. The van der Waals surface area contributed by atoms with E-state index in [1.807, 2.05) is 6.07 Å². The van der Waals surface area contributed by atoms with Gasteiger partial charge in [-0.25, -0.2) is 0 Å². The minimum Gasteiger partial charge on any atom is -0.493 e. The Kier molecular flexibility index (Phi) is 9.13. The number of nitrogens with zero attached hydrogens (tertiary/aromatic N) is 1. The Labute approximate surface area is 233 Å². The van der Waals surface area contributed by atoms with Crippen molar-refractivity contribution < 1.29 is 28.6 Å². The van der Waals surface area contributed by atoms with Gasteiger partial charge in [0.15, 0.2) is 11.5 Å². The number of aryl methyl sites for hydroxylation is 1. The van der Waals surface area contributed by atoms with Crippen LogP contribution in [0.1, 0.15) is 43.4 Å². The van der Waals surface area contributed by atoms with Crippen LogP contribution in [-0.4, -0.2) is 70.1 Å². The van der Waals surface area contributed by atoms with Gasteiger partial charge in [-0.05, 0) is 60.6 Å². The second-order valence-electron chi connectivity index (χ2n) is 9.81. The number of ether oxygens (including phenoxy) is 3. The van der Waals surface area contributed by atoms with Gasteiger partial charge in [-0.1, -0.05) is 6.07 Å². The molecule has 4 rings (SSSR count). The molecule has 0 spiro atoms. The van der Waals surface area contributed by atoms with Crippen molar-refractivity contribution in [3.05, 3.63) is 45.6 Å². The van der Waals surface area contributed by atoms with E-state index < -0.39 is 11.9 Å². The number of hydrogen-bond donors (Lipinski definition) is 3. The van der Waals surface area contributed by atoms with Crippen molar-refractivity contribution in [3.63, 3.8) is 0 Å². The van der Waals surface area contributed by atoms with E-state index in [0.29, 0.717) is 54.3 Å². The zero-order chi connectivity index (χ0) is 28.8. The van der Waals surface area contributed by atoms with E-state index in [4.69, 9.17) is 14.2 Å². The Morgan fingerprint density at radius 3 is 2.35 bits per heavy atom. The lowest BCUT2D eigenvalue weighted by Crippen LogP contribution is -2.40. The minimum atomic E-state index is -0.436. The number of amides is 3. The van der Waals surface area contributed by atoms with E-state index in [0.717, 1.165) is 24.0 Å². The van der Waals surface area contributed by atoms with Crippen LogP contribution in [0.15, 0.2) is 29.1 Å². The van der Waals surface area contributed by atoms with Crippen LogP contribution in [0.25, 0.3) is 11.1 Å². The quantitative estimate of drug-likeness (QED) is 0.430. The molecule has 11 heteroatoms. The number of fused-ring (bicyclic) bond motifs is 3. The molecule has 1 fully saturated rings. The molecule has 40 heavy (non-hydrogen) atoms. The number of methoxy groups -OCH3 is 3. The number of likely N-dealkylation sites (tertiary alicyclic amines) is 1. The average Bonchev–Trinajstić information content (AvgIpc) is 3.39. The Morgan fingerprint density at radius 2 is 1.70 bits per heavy atom. The van der Waals surface area contributed by atoms with Crippen molar-refractivity contribution in [2.45, 2.75) is 38.6 Å². The smallest absolute Gasteiger partial charge is 0.241 e. The molecule has 0 aromatic heterocycles. The van der Waals surface area contributed by atoms with Gasteiger partial charge in [0.25, 0.3) is 0 Å². The normalized spacial score (nSPS) is 15.7. The van der Waals surface area contributed by atoms with Gasteiger partial charge >= 0.3 is 0 Å². The summed E-state index contributed by atoms with van der Waals surface area (Å²) in [5.41, 5.74) is 2.83. The SMILES string of the molecule is COc1cc2c(c(OC)c1OC)-c1ccc(NCC(=O)NCC(=O)N3CCCC3)c(=O)cc1[C@@H](NC(C)=O)CC2. The molecular formula is C29H36N4O7. The van der Waals surface area contributed by atoms with E-state index >= 15 is 0 Å². The molecule has 0 bridgehead atoms. The number of benzene rings is 1. The Hall–Kier alpha value is -4.28. The van der Waals surface area contributed by atoms with Gasteiger partial charge in [-0.15, -0.1) is 0 Å². The summed E-state index contributed by atoms with van der Waals surface area (Å²) in [5.74, 6) is 0.645. The highest BCUT2D eigenvalue weighted by atomic mass is 16.5. The second-order valence-corrected chi connectivity index (χ2v) is 9.81. The van der Waals surface area contributed by atoms with Crippen molar-refractivity contribution in [2.75, 3.05) is 52.8 Å². The summed E-state index contributed by atoms with van der Waals surface area (Å²) in [7, 11) is 4.61. The van der Waals surface area contributed by atoms with Crippen LogP contribution in [-0.2, 0) is 20.8 Å². The standard InChI is InChI=1S/C29H36N4O7/c1-17(34)32-21-9-7-18-13-24(38-2)28(39-3)29(40-4)27(18)19-8-10-22(23(35)14-20(19)21)30-15-25(36)31-16-26(37)33-11-5-6-12-33/h8,10,13-14,21H,5-7,9,11-12,15-16H2,1-4H3,(H,30,35)(H,31,36)(H,32,34)/t21-/m0/s1. The fourth-order valence-corrected chi connectivity index (χ4v) is 5.34. The molecule has 1 heterocycles. The minimum absolute atomic E-state index is 0.0815. The molecule has 11 nitrogen and oxygen atoms in total. The predicted octanol–water partition coefficient (Wildman–Crippen LogP) is 2.01. The summed E-state index contributed by atoms with van der Waals surface area (Å²) in [5, 5.41) is 8.48. The van der Waals surface area contributed by atoms with Gasteiger partial charge < -0.3 is 35.1 Å². The lowest BCUT2D eigenvalue weighted by atomic mass is 9.95. The van der Waals surface area contributed by atoms with Gasteiger partial charge in [0, 0.05) is 25.6 Å². The molecule has 0 radical (unpaired) electrons. The zero-order valence-corrected chi connectivity index (χ0v) is 23.3.